The van der Waals surface area contributed by atoms with Crippen molar-refractivity contribution in [3.05, 3.63) is 42.4 Å². The third-order valence-electron chi connectivity index (χ3n) is 4.70. The Balaban J connectivity index is 1.51. The molecule has 0 atom stereocenters. The number of imidazole rings is 1. The Morgan fingerprint density at radius 1 is 1.20 bits per heavy atom. The summed E-state index contributed by atoms with van der Waals surface area (Å²) in [6, 6.07) is 8.25. The lowest BCUT2D eigenvalue weighted by Crippen LogP contribution is -2.36. The van der Waals surface area contributed by atoms with Gasteiger partial charge in [0.2, 0.25) is 0 Å². The summed E-state index contributed by atoms with van der Waals surface area (Å²) >= 11 is 1.58. The van der Waals surface area contributed by atoms with Crippen molar-refractivity contribution in [1.29, 1.82) is 0 Å². The van der Waals surface area contributed by atoms with Crippen molar-refractivity contribution in [3.63, 3.8) is 0 Å². The molecular formula is C19H21N3O2S. The largest absolute Gasteiger partial charge is 0.497 e. The van der Waals surface area contributed by atoms with Crippen LogP contribution in [0.2, 0.25) is 0 Å². The lowest BCUT2D eigenvalue weighted by atomic mass is 9.95. The van der Waals surface area contributed by atoms with Gasteiger partial charge in [-0.1, -0.05) is 30.6 Å². The van der Waals surface area contributed by atoms with Gasteiger partial charge in [0.05, 0.1) is 12.0 Å². The fourth-order valence-corrected chi connectivity index (χ4v) is 4.27. The van der Waals surface area contributed by atoms with Crippen LogP contribution in [0.25, 0.3) is 15.4 Å². The minimum atomic E-state index is -0.0613. The predicted octanol–water partition coefficient (Wildman–Crippen LogP) is 4.13. The molecule has 0 unspecified atom stereocenters. The summed E-state index contributed by atoms with van der Waals surface area (Å²) in [5, 5.41) is 3.12. The zero-order valence-electron chi connectivity index (χ0n) is 14.2. The number of carbonyl (C=O) groups excluding carboxylic acids is 1. The quantitative estimate of drug-likeness (QED) is 0.765. The molecule has 5 nitrogen and oxygen atoms in total. The van der Waals surface area contributed by atoms with Gasteiger partial charge in [0, 0.05) is 18.4 Å². The van der Waals surface area contributed by atoms with Crippen LogP contribution in [0, 0.1) is 0 Å². The van der Waals surface area contributed by atoms with E-state index in [1.165, 1.54) is 19.3 Å². The number of hydrogen-bond acceptors (Lipinski definition) is 4. The van der Waals surface area contributed by atoms with E-state index in [4.69, 9.17) is 4.74 Å². The van der Waals surface area contributed by atoms with Crippen molar-refractivity contribution in [2.24, 2.45) is 0 Å². The molecule has 1 saturated carbocycles. The van der Waals surface area contributed by atoms with E-state index in [1.54, 1.807) is 18.4 Å². The second-order valence-corrected chi connectivity index (χ2v) is 7.46. The molecule has 2 aromatic heterocycles. The highest BCUT2D eigenvalue weighted by Crippen LogP contribution is 2.29. The third kappa shape index (κ3) is 3.39. The van der Waals surface area contributed by atoms with Crippen molar-refractivity contribution in [1.82, 2.24) is 14.7 Å². The molecule has 25 heavy (non-hydrogen) atoms. The normalized spacial score (nSPS) is 15.4. The molecule has 1 aliphatic carbocycles. The van der Waals surface area contributed by atoms with Gasteiger partial charge >= 0.3 is 0 Å². The van der Waals surface area contributed by atoms with Crippen LogP contribution in [0.5, 0.6) is 5.75 Å². The van der Waals surface area contributed by atoms with E-state index in [2.05, 4.69) is 10.3 Å². The summed E-state index contributed by atoms with van der Waals surface area (Å²) in [5.41, 5.74) is 1.61. The lowest BCUT2D eigenvalue weighted by Gasteiger charge is -2.22. The number of ether oxygens (including phenoxy) is 1. The Labute approximate surface area is 150 Å². The van der Waals surface area contributed by atoms with E-state index >= 15 is 0 Å². The van der Waals surface area contributed by atoms with Crippen LogP contribution in [0.3, 0.4) is 0 Å². The van der Waals surface area contributed by atoms with E-state index < -0.39 is 0 Å². The molecule has 1 aliphatic rings. The van der Waals surface area contributed by atoms with E-state index in [0.717, 1.165) is 34.0 Å². The molecule has 0 saturated heterocycles. The first-order valence-electron chi connectivity index (χ1n) is 8.67. The number of methoxy groups -OCH3 is 1. The molecule has 0 radical (unpaired) electrons. The molecule has 4 rings (SSSR count). The number of hydrogen-bond donors (Lipinski definition) is 1. The van der Waals surface area contributed by atoms with Crippen LogP contribution < -0.4 is 10.1 Å². The highest BCUT2D eigenvalue weighted by atomic mass is 32.1. The van der Waals surface area contributed by atoms with Crippen LogP contribution >= 0.6 is 11.3 Å². The molecule has 0 spiro atoms. The Kier molecular flexibility index (Phi) is 4.44. The number of nitrogens with one attached hydrogen (secondary N) is 1. The number of thiazole rings is 1. The first-order chi connectivity index (χ1) is 12.2. The van der Waals surface area contributed by atoms with E-state index in [1.807, 2.05) is 41.1 Å². The Morgan fingerprint density at radius 2 is 1.96 bits per heavy atom. The molecule has 3 aromatic rings. The van der Waals surface area contributed by atoms with E-state index in [9.17, 15) is 4.79 Å². The SMILES string of the molecule is COc1ccc(-c2cn3cc(C(=O)NC4CCCCC4)nc3s2)cc1. The monoisotopic (exact) mass is 355 g/mol. The Morgan fingerprint density at radius 3 is 2.64 bits per heavy atom. The van der Waals surface area contributed by atoms with Gasteiger partial charge in [-0.2, -0.15) is 0 Å². The molecule has 1 fully saturated rings. The van der Waals surface area contributed by atoms with E-state index in [-0.39, 0.29) is 5.91 Å². The minimum Gasteiger partial charge on any atom is -0.497 e. The van der Waals surface area contributed by atoms with Crippen LogP contribution in [-0.4, -0.2) is 28.4 Å². The summed E-state index contributed by atoms with van der Waals surface area (Å²) in [5.74, 6) is 0.778. The van der Waals surface area contributed by atoms with Crippen molar-refractivity contribution in [3.8, 4) is 16.2 Å². The maximum atomic E-state index is 12.4. The van der Waals surface area contributed by atoms with Crippen LogP contribution in [0.4, 0.5) is 0 Å². The van der Waals surface area contributed by atoms with Gasteiger partial charge in [0.15, 0.2) is 4.96 Å². The first kappa shape index (κ1) is 16.1. The molecule has 1 N–H and O–H groups in total. The predicted molar refractivity (Wildman–Crippen MR) is 99.4 cm³/mol. The smallest absolute Gasteiger partial charge is 0.271 e. The topological polar surface area (TPSA) is 55.6 Å². The number of aromatic nitrogens is 2. The number of amides is 1. The summed E-state index contributed by atoms with van der Waals surface area (Å²) in [6.07, 6.45) is 9.68. The molecular weight excluding hydrogens is 334 g/mol. The van der Waals surface area contributed by atoms with Crippen molar-refractivity contribution >= 4 is 22.2 Å². The van der Waals surface area contributed by atoms with Gasteiger partial charge in [0.1, 0.15) is 11.4 Å². The van der Waals surface area contributed by atoms with Gasteiger partial charge in [-0.15, -0.1) is 0 Å². The van der Waals surface area contributed by atoms with Crippen LogP contribution in [0.1, 0.15) is 42.6 Å². The zero-order valence-corrected chi connectivity index (χ0v) is 15.0. The molecule has 2 heterocycles. The van der Waals surface area contributed by atoms with Gasteiger partial charge in [0.25, 0.3) is 5.91 Å². The van der Waals surface area contributed by atoms with Gasteiger partial charge in [-0.3, -0.25) is 9.20 Å². The van der Waals surface area contributed by atoms with E-state index in [0.29, 0.717) is 11.7 Å². The minimum absolute atomic E-state index is 0.0613. The first-order valence-corrected chi connectivity index (χ1v) is 9.48. The molecule has 0 aliphatic heterocycles. The standard InChI is InChI=1S/C19H21N3O2S/c1-24-15-9-7-13(8-10-15)17-12-22-11-16(21-19(22)25-17)18(23)20-14-5-3-2-4-6-14/h7-12,14H,2-6H2,1H3,(H,20,23). The van der Waals surface area contributed by atoms with Gasteiger partial charge in [-0.05, 0) is 42.7 Å². The maximum absolute atomic E-state index is 12.4. The van der Waals surface area contributed by atoms with Crippen molar-refractivity contribution < 1.29 is 9.53 Å². The van der Waals surface area contributed by atoms with Gasteiger partial charge in [-0.25, -0.2) is 4.98 Å². The summed E-state index contributed by atoms with van der Waals surface area (Å²) in [6.45, 7) is 0. The van der Waals surface area contributed by atoms with Gasteiger partial charge < -0.3 is 10.1 Å². The maximum Gasteiger partial charge on any atom is 0.271 e. The average Bonchev–Trinajstić information content (AvgIpc) is 3.22. The zero-order chi connectivity index (χ0) is 17.2. The summed E-state index contributed by atoms with van der Waals surface area (Å²) in [4.78, 5) is 18.9. The molecule has 6 heteroatoms. The van der Waals surface area contributed by atoms with Crippen LogP contribution in [0.15, 0.2) is 36.7 Å². The number of carbonyl (C=O) groups is 1. The Bertz CT molecular complexity index is 844. The average molecular weight is 355 g/mol. The second kappa shape index (κ2) is 6.88. The van der Waals surface area contributed by atoms with Crippen LogP contribution in [-0.2, 0) is 0 Å². The molecule has 1 amide bonds. The fourth-order valence-electron chi connectivity index (χ4n) is 3.30. The third-order valence-corrected chi connectivity index (χ3v) is 5.75. The number of nitrogens with zero attached hydrogens (tertiary/aromatic N) is 2. The fraction of sp³-hybridized carbons (Fsp3) is 0.368. The lowest BCUT2D eigenvalue weighted by molar-refractivity contribution is 0.0923. The second-order valence-electron chi connectivity index (χ2n) is 6.45. The highest BCUT2D eigenvalue weighted by molar-refractivity contribution is 7.20. The number of benzene rings is 1. The van der Waals surface area contributed by atoms with Crippen molar-refractivity contribution in [2.45, 2.75) is 38.1 Å². The molecule has 0 bridgehead atoms. The Hall–Kier alpha value is -2.34. The number of rotatable bonds is 4. The summed E-state index contributed by atoms with van der Waals surface area (Å²) < 4.78 is 7.13. The molecule has 130 valence electrons. The highest BCUT2D eigenvalue weighted by Gasteiger charge is 2.19. The van der Waals surface area contributed by atoms with Crippen molar-refractivity contribution in [2.75, 3.05) is 7.11 Å². The number of fused-ring (bicyclic) bond motifs is 1. The molecule has 1 aromatic carbocycles. The summed E-state index contributed by atoms with van der Waals surface area (Å²) in [7, 11) is 1.66.